The first-order valence-electron chi connectivity index (χ1n) is 7.56. The van der Waals surface area contributed by atoms with Gasteiger partial charge in [-0.2, -0.15) is 4.98 Å². The third-order valence-electron chi connectivity index (χ3n) is 4.35. The molecule has 1 saturated carbocycles. The SMILES string of the molecule is COC1(c2noc(C3CNCCO3)n2)CCCCCC1. The number of hydrogen-bond donors (Lipinski definition) is 1. The van der Waals surface area contributed by atoms with Gasteiger partial charge >= 0.3 is 0 Å². The van der Waals surface area contributed by atoms with Crippen LogP contribution in [0.2, 0.25) is 0 Å². The van der Waals surface area contributed by atoms with Gasteiger partial charge in [0, 0.05) is 20.2 Å². The van der Waals surface area contributed by atoms with Crippen molar-refractivity contribution in [2.24, 2.45) is 0 Å². The topological polar surface area (TPSA) is 69.4 Å². The number of rotatable bonds is 3. The van der Waals surface area contributed by atoms with Gasteiger partial charge in [-0.15, -0.1) is 0 Å². The average Bonchev–Trinajstić information content (AvgIpc) is 2.88. The Kier molecular flexibility index (Phi) is 4.33. The van der Waals surface area contributed by atoms with Crippen LogP contribution in [0.25, 0.3) is 0 Å². The molecule has 1 aromatic heterocycles. The molecule has 112 valence electrons. The van der Waals surface area contributed by atoms with Crippen molar-refractivity contribution in [3.63, 3.8) is 0 Å². The number of morpholine rings is 1. The number of methoxy groups -OCH3 is 1. The predicted octanol–water partition coefficient (Wildman–Crippen LogP) is 1.93. The smallest absolute Gasteiger partial charge is 0.257 e. The van der Waals surface area contributed by atoms with E-state index in [0.717, 1.165) is 38.8 Å². The van der Waals surface area contributed by atoms with Gasteiger partial charge in [-0.3, -0.25) is 0 Å². The van der Waals surface area contributed by atoms with E-state index in [4.69, 9.17) is 14.0 Å². The summed E-state index contributed by atoms with van der Waals surface area (Å²) in [6, 6.07) is 0. The highest BCUT2D eigenvalue weighted by Crippen LogP contribution is 2.37. The molecular formula is C14H23N3O3. The number of ether oxygens (including phenoxy) is 2. The van der Waals surface area contributed by atoms with E-state index in [1.807, 2.05) is 0 Å². The second-order valence-electron chi connectivity index (χ2n) is 5.63. The van der Waals surface area contributed by atoms with Crippen LogP contribution in [-0.4, -0.2) is 36.9 Å². The second kappa shape index (κ2) is 6.20. The zero-order chi connectivity index (χ0) is 13.8. The maximum atomic E-state index is 5.80. The molecule has 2 fully saturated rings. The summed E-state index contributed by atoms with van der Waals surface area (Å²) in [5, 5.41) is 7.45. The van der Waals surface area contributed by atoms with E-state index in [-0.39, 0.29) is 11.7 Å². The number of nitrogens with one attached hydrogen (secondary N) is 1. The average molecular weight is 281 g/mol. The molecule has 6 nitrogen and oxygen atoms in total. The molecular weight excluding hydrogens is 258 g/mol. The minimum absolute atomic E-state index is 0.135. The maximum Gasteiger partial charge on any atom is 0.257 e. The van der Waals surface area contributed by atoms with Crippen LogP contribution in [-0.2, 0) is 15.1 Å². The highest BCUT2D eigenvalue weighted by molar-refractivity contribution is 5.04. The Morgan fingerprint density at radius 2 is 2.05 bits per heavy atom. The van der Waals surface area contributed by atoms with E-state index in [1.165, 1.54) is 12.8 Å². The van der Waals surface area contributed by atoms with Crippen LogP contribution >= 0.6 is 0 Å². The van der Waals surface area contributed by atoms with E-state index in [1.54, 1.807) is 7.11 Å². The molecule has 0 bridgehead atoms. The molecule has 0 spiro atoms. The Morgan fingerprint density at radius 3 is 2.70 bits per heavy atom. The Labute approximate surface area is 119 Å². The van der Waals surface area contributed by atoms with Crippen LogP contribution in [0.15, 0.2) is 4.52 Å². The van der Waals surface area contributed by atoms with Gasteiger partial charge in [-0.1, -0.05) is 30.8 Å². The molecule has 20 heavy (non-hydrogen) atoms. The second-order valence-corrected chi connectivity index (χ2v) is 5.63. The van der Waals surface area contributed by atoms with E-state index in [9.17, 15) is 0 Å². The first-order chi connectivity index (χ1) is 9.84. The number of nitrogens with zero attached hydrogens (tertiary/aromatic N) is 2. The third-order valence-corrected chi connectivity index (χ3v) is 4.35. The van der Waals surface area contributed by atoms with Gasteiger partial charge in [0.05, 0.1) is 6.61 Å². The Bertz CT molecular complexity index is 421. The fourth-order valence-electron chi connectivity index (χ4n) is 3.09. The van der Waals surface area contributed by atoms with Crippen molar-refractivity contribution in [3.05, 3.63) is 11.7 Å². The first-order valence-corrected chi connectivity index (χ1v) is 7.56. The standard InChI is InChI=1S/C14H23N3O3/c1-18-14(6-4-2-3-5-7-14)13-16-12(20-17-13)11-10-15-8-9-19-11/h11,15H,2-10H2,1H3. The lowest BCUT2D eigenvalue weighted by molar-refractivity contribution is -0.0365. The Balaban J connectivity index is 1.79. The molecule has 1 aromatic rings. The summed E-state index contributed by atoms with van der Waals surface area (Å²) in [6.07, 6.45) is 6.61. The van der Waals surface area contributed by atoms with Gasteiger partial charge in [0.1, 0.15) is 11.7 Å². The van der Waals surface area contributed by atoms with Crippen molar-refractivity contribution >= 4 is 0 Å². The lowest BCUT2D eigenvalue weighted by Gasteiger charge is -2.27. The van der Waals surface area contributed by atoms with Gasteiger partial charge in [0.2, 0.25) is 5.82 Å². The molecule has 1 aliphatic heterocycles. The van der Waals surface area contributed by atoms with Crippen molar-refractivity contribution in [2.75, 3.05) is 26.8 Å². The van der Waals surface area contributed by atoms with Crippen LogP contribution in [0.3, 0.4) is 0 Å². The fourth-order valence-corrected chi connectivity index (χ4v) is 3.09. The Hall–Kier alpha value is -0.980. The van der Waals surface area contributed by atoms with Gasteiger partial charge < -0.3 is 19.3 Å². The van der Waals surface area contributed by atoms with Crippen molar-refractivity contribution in [2.45, 2.75) is 50.2 Å². The van der Waals surface area contributed by atoms with E-state index in [2.05, 4.69) is 15.5 Å². The highest BCUT2D eigenvalue weighted by atomic mass is 16.5. The minimum Gasteiger partial charge on any atom is -0.370 e. The first kappa shape index (κ1) is 14.0. The number of aromatic nitrogens is 2. The molecule has 2 heterocycles. The van der Waals surface area contributed by atoms with E-state index < -0.39 is 0 Å². The van der Waals surface area contributed by atoms with Crippen LogP contribution in [0.4, 0.5) is 0 Å². The van der Waals surface area contributed by atoms with Crippen LogP contribution in [0.5, 0.6) is 0 Å². The monoisotopic (exact) mass is 281 g/mol. The van der Waals surface area contributed by atoms with Crippen molar-refractivity contribution in [3.8, 4) is 0 Å². The summed E-state index contributed by atoms with van der Waals surface area (Å²) >= 11 is 0. The molecule has 0 aromatic carbocycles. The summed E-state index contributed by atoms with van der Waals surface area (Å²) in [5.74, 6) is 1.25. The van der Waals surface area contributed by atoms with E-state index >= 15 is 0 Å². The highest BCUT2D eigenvalue weighted by Gasteiger charge is 2.38. The minimum atomic E-state index is -0.375. The molecule has 0 amide bonds. The molecule has 1 atom stereocenters. The quantitative estimate of drug-likeness (QED) is 0.854. The molecule has 1 unspecified atom stereocenters. The van der Waals surface area contributed by atoms with Gasteiger partial charge in [0.15, 0.2) is 0 Å². The molecule has 6 heteroatoms. The summed E-state index contributed by atoms with van der Waals surface area (Å²) < 4.78 is 16.9. The number of hydrogen-bond acceptors (Lipinski definition) is 6. The lowest BCUT2D eigenvalue weighted by Crippen LogP contribution is -2.34. The molecule has 2 aliphatic rings. The largest absolute Gasteiger partial charge is 0.370 e. The fraction of sp³-hybridized carbons (Fsp3) is 0.857. The lowest BCUT2D eigenvalue weighted by atomic mass is 9.93. The Morgan fingerprint density at radius 1 is 1.25 bits per heavy atom. The van der Waals surface area contributed by atoms with Crippen LogP contribution in [0, 0.1) is 0 Å². The normalized spacial score (nSPS) is 27.1. The molecule has 1 N–H and O–H groups in total. The summed E-state index contributed by atoms with van der Waals surface area (Å²) in [7, 11) is 1.75. The summed E-state index contributed by atoms with van der Waals surface area (Å²) in [4.78, 5) is 4.57. The maximum absolute atomic E-state index is 5.80. The molecule has 0 radical (unpaired) electrons. The summed E-state index contributed by atoms with van der Waals surface area (Å²) in [6.45, 7) is 2.28. The van der Waals surface area contributed by atoms with Crippen LogP contribution < -0.4 is 5.32 Å². The van der Waals surface area contributed by atoms with Crippen molar-refractivity contribution in [1.82, 2.24) is 15.5 Å². The van der Waals surface area contributed by atoms with Gasteiger partial charge in [0.25, 0.3) is 5.89 Å². The summed E-state index contributed by atoms with van der Waals surface area (Å²) in [5.41, 5.74) is -0.375. The van der Waals surface area contributed by atoms with Crippen molar-refractivity contribution < 1.29 is 14.0 Å². The zero-order valence-electron chi connectivity index (χ0n) is 12.1. The molecule has 1 aliphatic carbocycles. The third kappa shape index (κ3) is 2.73. The van der Waals surface area contributed by atoms with Crippen LogP contribution in [0.1, 0.15) is 56.3 Å². The van der Waals surface area contributed by atoms with Gasteiger partial charge in [-0.25, -0.2) is 0 Å². The van der Waals surface area contributed by atoms with Crippen molar-refractivity contribution in [1.29, 1.82) is 0 Å². The predicted molar refractivity (Wildman–Crippen MR) is 72.2 cm³/mol. The molecule has 1 saturated heterocycles. The zero-order valence-corrected chi connectivity index (χ0v) is 12.1. The molecule has 3 rings (SSSR count). The van der Waals surface area contributed by atoms with E-state index in [0.29, 0.717) is 18.3 Å². The van der Waals surface area contributed by atoms with Gasteiger partial charge in [-0.05, 0) is 12.8 Å².